The van der Waals surface area contributed by atoms with E-state index < -0.39 is 0 Å². The number of aromatic amines is 1. The average Bonchev–Trinajstić information content (AvgIpc) is 2.36. The van der Waals surface area contributed by atoms with Crippen LogP contribution in [0.5, 0.6) is 0 Å². The highest BCUT2D eigenvalue weighted by molar-refractivity contribution is 5.72. The molecule has 0 saturated carbocycles. The van der Waals surface area contributed by atoms with Crippen LogP contribution in [0.1, 0.15) is 0 Å². The normalized spacial score (nSPS) is 10.4. The second kappa shape index (κ2) is 1.73. The van der Waals surface area contributed by atoms with Gasteiger partial charge in [0.05, 0.1) is 11.6 Å². The minimum absolute atomic E-state index is 0.0116. The van der Waals surface area contributed by atoms with Gasteiger partial charge >= 0.3 is 0 Å². The standard InChI is InChI=1S/C7H5NO2/c9-6-1-3-8-7-5(6)2-4-10-7/h1-4H,(H,8,9). The molecular formula is C7H5NO2. The molecule has 0 bridgehead atoms. The number of hydrogen-bond donors (Lipinski definition) is 1. The molecule has 2 rings (SSSR count). The van der Waals surface area contributed by atoms with E-state index in [2.05, 4.69) is 4.98 Å². The summed E-state index contributed by atoms with van der Waals surface area (Å²) in [5.74, 6) is 0. The van der Waals surface area contributed by atoms with Gasteiger partial charge in [-0.3, -0.25) is 4.79 Å². The Labute approximate surface area is 56.3 Å². The third kappa shape index (κ3) is 0.572. The molecule has 0 amide bonds. The third-order valence-electron chi connectivity index (χ3n) is 1.38. The quantitative estimate of drug-likeness (QED) is 0.588. The number of hydrogen-bond acceptors (Lipinski definition) is 2. The van der Waals surface area contributed by atoms with Gasteiger partial charge in [0.25, 0.3) is 0 Å². The molecule has 3 nitrogen and oxygen atoms in total. The molecule has 0 aliphatic carbocycles. The largest absolute Gasteiger partial charge is 0.448 e. The summed E-state index contributed by atoms with van der Waals surface area (Å²) in [6, 6.07) is 3.12. The number of H-pyrrole nitrogens is 1. The summed E-state index contributed by atoms with van der Waals surface area (Å²) in [5.41, 5.74) is 0.523. The van der Waals surface area contributed by atoms with Crippen molar-refractivity contribution in [2.24, 2.45) is 0 Å². The Hall–Kier alpha value is -1.51. The monoisotopic (exact) mass is 135 g/mol. The van der Waals surface area contributed by atoms with Crippen molar-refractivity contribution < 1.29 is 4.42 Å². The van der Waals surface area contributed by atoms with Gasteiger partial charge in [-0.15, -0.1) is 0 Å². The Balaban J connectivity index is 3.09. The lowest BCUT2D eigenvalue weighted by atomic mass is 10.3. The zero-order valence-corrected chi connectivity index (χ0v) is 5.13. The maximum atomic E-state index is 11.0. The van der Waals surface area contributed by atoms with Crippen molar-refractivity contribution in [1.29, 1.82) is 0 Å². The number of pyridine rings is 1. The molecule has 2 heterocycles. The van der Waals surface area contributed by atoms with Gasteiger partial charge in [0.1, 0.15) is 0 Å². The first-order chi connectivity index (χ1) is 4.88. The summed E-state index contributed by atoms with van der Waals surface area (Å²) in [6.45, 7) is 0. The van der Waals surface area contributed by atoms with E-state index in [1.165, 1.54) is 12.3 Å². The molecule has 0 saturated heterocycles. The van der Waals surface area contributed by atoms with E-state index in [4.69, 9.17) is 4.42 Å². The van der Waals surface area contributed by atoms with Crippen LogP contribution in [0.4, 0.5) is 0 Å². The van der Waals surface area contributed by atoms with E-state index in [1.807, 2.05) is 0 Å². The van der Waals surface area contributed by atoms with Gasteiger partial charge in [0.2, 0.25) is 5.71 Å². The van der Waals surface area contributed by atoms with Gasteiger partial charge in [0, 0.05) is 12.3 Å². The highest BCUT2D eigenvalue weighted by Gasteiger charge is 1.97. The summed E-state index contributed by atoms with van der Waals surface area (Å²) in [4.78, 5) is 13.8. The van der Waals surface area contributed by atoms with E-state index in [0.717, 1.165) is 0 Å². The molecule has 2 aromatic heterocycles. The molecule has 0 fully saturated rings. The van der Waals surface area contributed by atoms with Gasteiger partial charge in [-0.05, 0) is 6.07 Å². The van der Waals surface area contributed by atoms with Crippen molar-refractivity contribution in [1.82, 2.24) is 4.98 Å². The number of fused-ring (bicyclic) bond motifs is 1. The van der Waals surface area contributed by atoms with E-state index in [0.29, 0.717) is 11.1 Å². The second-order valence-corrected chi connectivity index (χ2v) is 2.01. The highest BCUT2D eigenvalue weighted by atomic mass is 16.3. The lowest BCUT2D eigenvalue weighted by Crippen LogP contribution is -1.96. The van der Waals surface area contributed by atoms with E-state index in [1.54, 1.807) is 12.3 Å². The zero-order chi connectivity index (χ0) is 6.97. The predicted octanol–water partition coefficient (Wildman–Crippen LogP) is 1.12. The summed E-state index contributed by atoms with van der Waals surface area (Å²) in [7, 11) is 0. The maximum absolute atomic E-state index is 11.0. The predicted molar refractivity (Wildman–Crippen MR) is 36.8 cm³/mol. The van der Waals surface area contributed by atoms with Crippen LogP contribution < -0.4 is 5.43 Å². The average molecular weight is 135 g/mol. The zero-order valence-electron chi connectivity index (χ0n) is 5.13. The van der Waals surface area contributed by atoms with Crippen LogP contribution in [-0.4, -0.2) is 4.98 Å². The fourth-order valence-corrected chi connectivity index (χ4v) is 0.898. The Morgan fingerprint density at radius 2 is 2.30 bits per heavy atom. The Bertz CT molecular complexity index is 399. The topological polar surface area (TPSA) is 46.0 Å². The summed E-state index contributed by atoms with van der Waals surface area (Å²) in [6.07, 6.45) is 3.05. The molecule has 0 aliphatic heterocycles. The van der Waals surface area contributed by atoms with Crippen LogP contribution in [0.2, 0.25) is 0 Å². The van der Waals surface area contributed by atoms with Crippen molar-refractivity contribution in [3.05, 3.63) is 34.8 Å². The van der Waals surface area contributed by atoms with E-state index in [-0.39, 0.29) is 5.43 Å². The molecular weight excluding hydrogens is 130 g/mol. The lowest BCUT2D eigenvalue weighted by Gasteiger charge is -1.82. The Morgan fingerprint density at radius 3 is 3.10 bits per heavy atom. The van der Waals surface area contributed by atoms with Crippen LogP contribution >= 0.6 is 0 Å². The number of rotatable bonds is 0. The van der Waals surface area contributed by atoms with Crippen molar-refractivity contribution in [2.45, 2.75) is 0 Å². The van der Waals surface area contributed by atoms with Crippen LogP contribution in [0.3, 0.4) is 0 Å². The number of aromatic nitrogens is 1. The molecule has 10 heavy (non-hydrogen) atoms. The van der Waals surface area contributed by atoms with Gasteiger partial charge < -0.3 is 9.40 Å². The second-order valence-electron chi connectivity index (χ2n) is 2.01. The fourth-order valence-electron chi connectivity index (χ4n) is 0.898. The van der Waals surface area contributed by atoms with Crippen LogP contribution in [0.25, 0.3) is 11.1 Å². The minimum Gasteiger partial charge on any atom is -0.448 e. The van der Waals surface area contributed by atoms with E-state index in [9.17, 15) is 4.79 Å². The lowest BCUT2D eigenvalue weighted by molar-refractivity contribution is 0.603. The molecule has 1 N–H and O–H groups in total. The molecule has 0 aromatic carbocycles. The van der Waals surface area contributed by atoms with Crippen molar-refractivity contribution >= 4 is 11.1 Å². The van der Waals surface area contributed by atoms with Gasteiger partial charge in [0.15, 0.2) is 5.43 Å². The summed E-state index contributed by atoms with van der Waals surface area (Å²) in [5, 5.41) is 0.600. The fraction of sp³-hybridized carbons (Fsp3) is 0. The molecule has 0 atom stereocenters. The first kappa shape index (κ1) is 5.29. The number of furan rings is 1. The molecule has 0 aliphatic rings. The first-order valence-electron chi connectivity index (χ1n) is 2.93. The summed E-state index contributed by atoms with van der Waals surface area (Å²) < 4.78 is 4.94. The van der Waals surface area contributed by atoms with Crippen molar-refractivity contribution in [3.8, 4) is 0 Å². The van der Waals surface area contributed by atoms with Crippen molar-refractivity contribution in [3.63, 3.8) is 0 Å². The first-order valence-corrected chi connectivity index (χ1v) is 2.93. The van der Waals surface area contributed by atoms with Gasteiger partial charge in [-0.2, -0.15) is 0 Å². The minimum atomic E-state index is -0.0116. The molecule has 0 spiro atoms. The van der Waals surface area contributed by atoms with Gasteiger partial charge in [-0.1, -0.05) is 0 Å². The van der Waals surface area contributed by atoms with E-state index >= 15 is 0 Å². The van der Waals surface area contributed by atoms with Crippen LogP contribution in [-0.2, 0) is 0 Å². The molecule has 2 aromatic rings. The molecule has 0 unspecified atom stereocenters. The van der Waals surface area contributed by atoms with Crippen molar-refractivity contribution in [2.75, 3.05) is 0 Å². The summed E-state index contributed by atoms with van der Waals surface area (Å²) >= 11 is 0. The van der Waals surface area contributed by atoms with Crippen LogP contribution in [0.15, 0.2) is 33.8 Å². The maximum Gasteiger partial charge on any atom is 0.207 e. The third-order valence-corrected chi connectivity index (χ3v) is 1.38. The van der Waals surface area contributed by atoms with Crippen LogP contribution in [0, 0.1) is 0 Å². The molecule has 0 radical (unpaired) electrons. The Kier molecular flexibility index (Phi) is 0.917. The molecule has 50 valence electrons. The Morgan fingerprint density at radius 1 is 1.40 bits per heavy atom. The highest BCUT2D eigenvalue weighted by Crippen LogP contribution is 2.05. The smallest absolute Gasteiger partial charge is 0.207 e. The van der Waals surface area contributed by atoms with Gasteiger partial charge in [-0.25, -0.2) is 0 Å². The number of nitrogens with one attached hydrogen (secondary N) is 1. The SMILES string of the molecule is O=c1cc[nH]c2occc12. The molecule has 3 heteroatoms.